The smallest absolute Gasteiger partial charge is 0.324 e. The minimum atomic E-state index is -4.82. The number of nitrogens with zero attached hydrogens (tertiary/aromatic N) is 2. The van der Waals surface area contributed by atoms with Gasteiger partial charge in [0.2, 0.25) is 17.7 Å². The van der Waals surface area contributed by atoms with E-state index < -0.39 is 57.1 Å². The molecule has 0 saturated carbocycles. The Kier molecular flexibility index (Phi) is 7.53. The third-order valence-corrected chi connectivity index (χ3v) is 10.9. The summed E-state index contributed by atoms with van der Waals surface area (Å²) in [7, 11) is 0. The van der Waals surface area contributed by atoms with Crippen LogP contribution in [0, 0.1) is 5.92 Å². The maximum atomic E-state index is 14.0. The number of para-hydroxylation sites is 1. The van der Waals surface area contributed by atoms with Crippen LogP contribution in [0.2, 0.25) is 5.02 Å². The van der Waals surface area contributed by atoms with Gasteiger partial charge in [0.1, 0.15) is 11.8 Å². The van der Waals surface area contributed by atoms with Gasteiger partial charge >= 0.3 is 11.0 Å². The number of carbonyl (C=O) groups excluding carboxylic acids is 3. The molecule has 46 heavy (non-hydrogen) atoms. The molecular weight excluding hydrogens is 659 g/mol. The number of amides is 3. The lowest BCUT2D eigenvalue weighted by Crippen LogP contribution is -2.33. The molecule has 4 aromatic carbocycles. The second kappa shape index (κ2) is 11.4. The second-order valence-corrected chi connectivity index (χ2v) is 13.4. The Morgan fingerprint density at radius 2 is 1.57 bits per heavy atom. The highest BCUT2D eigenvalue weighted by atomic mass is 35.5. The van der Waals surface area contributed by atoms with Crippen LogP contribution in [0.25, 0.3) is 10.8 Å². The van der Waals surface area contributed by atoms with Crippen LogP contribution in [-0.2, 0) is 27.1 Å². The monoisotopic (exact) mass is 679 g/mol. The molecule has 0 radical (unpaired) electrons. The Labute approximate surface area is 272 Å². The van der Waals surface area contributed by atoms with Gasteiger partial charge in [-0.1, -0.05) is 95.4 Å². The van der Waals surface area contributed by atoms with Crippen molar-refractivity contribution in [2.75, 3.05) is 10.2 Å². The molecule has 0 spiro atoms. The molecule has 5 aromatic rings. The van der Waals surface area contributed by atoms with Crippen molar-refractivity contribution in [1.29, 1.82) is 0 Å². The summed E-state index contributed by atoms with van der Waals surface area (Å²) in [6.45, 7) is -0.381. The fourth-order valence-electron chi connectivity index (χ4n) is 6.10. The van der Waals surface area contributed by atoms with Gasteiger partial charge < -0.3 is 5.32 Å². The van der Waals surface area contributed by atoms with Crippen LogP contribution in [-0.4, -0.2) is 27.5 Å². The standard InChI is InChI=1S/C33H21ClF3N3O4S2/c34-19-14-12-18(13-15-19)25-26-27(30(43)40(29(26)42)23-11-4-3-9-21(23)33(35,36)37)45-31-28(25)46-32(44)39(31)16-24(41)38-22-10-5-7-17-6-1-2-8-20(17)22/h1-15,25-27H,16H2,(H,38,41)/t25-,26-,27+/m0/s1. The number of imide groups is 1. The minimum Gasteiger partial charge on any atom is -0.324 e. The first-order chi connectivity index (χ1) is 22.0. The summed E-state index contributed by atoms with van der Waals surface area (Å²) in [5, 5.41) is 4.17. The molecule has 0 unspecified atom stereocenters. The third kappa shape index (κ3) is 5.10. The summed E-state index contributed by atoms with van der Waals surface area (Å²) < 4.78 is 43.2. The quantitative estimate of drug-likeness (QED) is 0.199. The fourth-order valence-corrected chi connectivity index (χ4v) is 9.00. The Morgan fingerprint density at radius 1 is 0.870 bits per heavy atom. The molecule has 7 rings (SSSR count). The molecule has 7 nitrogen and oxygen atoms in total. The number of fused-ring (bicyclic) bond motifs is 3. The van der Waals surface area contributed by atoms with Gasteiger partial charge in [-0.15, -0.1) is 0 Å². The van der Waals surface area contributed by atoms with E-state index in [1.807, 2.05) is 30.3 Å². The van der Waals surface area contributed by atoms with Gasteiger partial charge in [-0.25, -0.2) is 4.90 Å². The number of aromatic nitrogens is 1. The summed E-state index contributed by atoms with van der Waals surface area (Å²) in [5.74, 6) is -4.07. The lowest BCUT2D eigenvalue weighted by Gasteiger charge is -2.30. The number of rotatable bonds is 5. The van der Waals surface area contributed by atoms with E-state index in [9.17, 15) is 32.3 Å². The molecule has 1 saturated heterocycles. The van der Waals surface area contributed by atoms with Gasteiger partial charge in [-0.3, -0.25) is 23.7 Å². The van der Waals surface area contributed by atoms with Gasteiger partial charge in [0.25, 0.3) is 0 Å². The Hall–Kier alpha value is -4.39. The summed E-state index contributed by atoms with van der Waals surface area (Å²) in [6.07, 6.45) is -4.82. The fraction of sp³-hybridized carbons (Fsp3) is 0.152. The minimum absolute atomic E-state index is 0.316. The van der Waals surface area contributed by atoms with Crippen LogP contribution in [0.4, 0.5) is 24.5 Å². The molecule has 2 aliphatic rings. The predicted octanol–water partition coefficient (Wildman–Crippen LogP) is 7.17. The number of thioether (sulfide) groups is 1. The van der Waals surface area contributed by atoms with Crippen molar-refractivity contribution in [1.82, 2.24) is 4.57 Å². The zero-order chi connectivity index (χ0) is 32.3. The first-order valence-corrected chi connectivity index (χ1v) is 16.1. The highest BCUT2D eigenvalue weighted by Gasteiger charge is 2.57. The van der Waals surface area contributed by atoms with Crippen molar-refractivity contribution < 1.29 is 27.6 Å². The highest BCUT2D eigenvalue weighted by molar-refractivity contribution is 8.00. The van der Waals surface area contributed by atoms with Crippen LogP contribution in [0.5, 0.6) is 0 Å². The molecule has 1 fully saturated rings. The number of alkyl halides is 3. The zero-order valence-electron chi connectivity index (χ0n) is 23.5. The average molecular weight is 680 g/mol. The summed E-state index contributed by atoms with van der Waals surface area (Å²) >= 11 is 7.90. The Balaban J connectivity index is 1.29. The lowest BCUT2D eigenvalue weighted by atomic mass is 9.83. The summed E-state index contributed by atoms with van der Waals surface area (Å²) in [5.41, 5.74) is -0.547. The largest absolute Gasteiger partial charge is 0.418 e. The SMILES string of the molecule is O=C(Cn1c2c(sc1=O)[C@@H](c1ccc(Cl)cc1)[C@@H]1C(=O)N(c3ccccc3C(F)(F)F)C(=O)[C@@H]1S2)Nc1cccc2ccccc12. The Bertz CT molecular complexity index is 2110. The van der Waals surface area contributed by atoms with Crippen LogP contribution in [0.1, 0.15) is 21.9 Å². The van der Waals surface area contributed by atoms with Crippen molar-refractivity contribution in [3.8, 4) is 0 Å². The predicted molar refractivity (Wildman–Crippen MR) is 172 cm³/mol. The van der Waals surface area contributed by atoms with Crippen molar-refractivity contribution in [3.63, 3.8) is 0 Å². The van der Waals surface area contributed by atoms with Gasteiger partial charge in [0.05, 0.1) is 22.2 Å². The molecule has 1 N–H and O–H groups in total. The molecule has 2 aliphatic heterocycles. The zero-order valence-corrected chi connectivity index (χ0v) is 25.8. The number of halogens is 4. The average Bonchev–Trinajstić information content (AvgIpc) is 3.47. The van der Waals surface area contributed by atoms with E-state index in [-0.39, 0.29) is 6.54 Å². The molecular formula is C33H21ClF3N3O4S2. The highest BCUT2D eigenvalue weighted by Crippen LogP contribution is 2.54. The van der Waals surface area contributed by atoms with E-state index in [1.54, 1.807) is 36.4 Å². The first kappa shape index (κ1) is 30.3. The van der Waals surface area contributed by atoms with Gasteiger partial charge in [-0.05, 0) is 41.3 Å². The summed E-state index contributed by atoms with van der Waals surface area (Å²) in [6, 6.07) is 23.9. The van der Waals surface area contributed by atoms with E-state index in [2.05, 4.69) is 5.32 Å². The van der Waals surface area contributed by atoms with Crippen LogP contribution < -0.4 is 15.1 Å². The lowest BCUT2D eigenvalue weighted by molar-refractivity contribution is -0.137. The molecule has 232 valence electrons. The number of nitrogens with one attached hydrogen (secondary N) is 1. The molecule has 0 aliphatic carbocycles. The number of benzene rings is 4. The van der Waals surface area contributed by atoms with Gasteiger partial charge in [0, 0.05) is 26.9 Å². The van der Waals surface area contributed by atoms with E-state index in [0.717, 1.165) is 46.0 Å². The molecule has 3 atom stereocenters. The molecule has 13 heteroatoms. The maximum absolute atomic E-state index is 14.0. The van der Waals surface area contributed by atoms with Gasteiger partial charge in [0.15, 0.2) is 0 Å². The molecule has 0 bridgehead atoms. The second-order valence-electron chi connectivity index (χ2n) is 10.8. The van der Waals surface area contributed by atoms with Crippen molar-refractivity contribution >= 4 is 74.6 Å². The summed E-state index contributed by atoms with van der Waals surface area (Å²) in [4.78, 5) is 55.3. The molecule has 1 aromatic heterocycles. The van der Waals surface area contributed by atoms with E-state index >= 15 is 0 Å². The number of thiazole rings is 1. The number of hydrogen-bond acceptors (Lipinski definition) is 6. The third-order valence-electron chi connectivity index (χ3n) is 8.09. The van der Waals surface area contributed by atoms with Crippen LogP contribution >= 0.6 is 34.7 Å². The van der Waals surface area contributed by atoms with E-state index in [0.29, 0.717) is 31.1 Å². The van der Waals surface area contributed by atoms with Crippen molar-refractivity contribution in [2.45, 2.75) is 28.9 Å². The number of anilines is 2. The molecule has 3 heterocycles. The van der Waals surface area contributed by atoms with Crippen molar-refractivity contribution in [2.24, 2.45) is 5.92 Å². The Morgan fingerprint density at radius 3 is 2.33 bits per heavy atom. The molecule has 3 amide bonds. The van der Waals surface area contributed by atoms with Crippen molar-refractivity contribution in [3.05, 3.63) is 122 Å². The number of hydrogen-bond donors (Lipinski definition) is 1. The topological polar surface area (TPSA) is 88.5 Å². The maximum Gasteiger partial charge on any atom is 0.418 e. The number of carbonyl (C=O) groups is 3. The van der Waals surface area contributed by atoms with Crippen LogP contribution in [0.15, 0.2) is 101 Å². The van der Waals surface area contributed by atoms with E-state index in [1.165, 1.54) is 16.7 Å². The van der Waals surface area contributed by atoms with Crippen LogP contribution in [0.3, 0.4) is 0 Å². The normalized spacial score (nSPS) is 19.3. The van der Waals surface area contributed by atoms with Gasteiger partial charge in [-0.2, -0.15) is 13.2 Å². The first-order valence-electron chi connectivity index (χ1n) is 14.0. The van der Waals surface area contributed by atoms with E-state index in [4.69, 9.17) is 11.6 Å².